The van der Waals surface area contributed by atoms with E-state index in [1.165, 1.54) is 6.92 Å². The Kier molecular flexibility index (Phi) is 2.88. The van der Waals surface area contributed by atoms with Crippen molar-refractivity contribution in [3.63, 3.8) is 0 Å². The minimum atomic E-state index is -3.33. The van der Waals surface area contributed by atoms with Gasteiger partial charge in [-0.2, -0.15) is 0 Å². The Morgan fingerprint density at radius 2 is 1.79 bits per heavy atom. The first-order valence-corrected chi connectivity index (χ1v) is 3.72. The van der Waals surface area contributed by atoms with Crippen LogP contribution in [-0.2, 0) is 0 Å². The lowest BCUT2D eigenvalue weighted by molar-refractivity contribution is 0.0673. The summed E-state index contributed by atoms with van der Waals surface area (Å²) in [6, 6.07) is 1.93. The molecule has 0 saturated carbocycles. The van der Waals surface area contributed by atoms with E-state index in [1.54, 1.807) is 0 Å². The van der Waals surface area contributed by atoms with Crippen LogP contribution in [0.15, 0.2) is 12.1 Å². The van der Waals surface area contributed by atoms with Gasteiger partial charge in [-0.05, 0) is 18.6 Å². The molecule has 0 N–H and O–H groups in total. The standard InChI is InChI=1S/C9H6F4O/c1-4-2-3-5(7(11)6(4)10)8(14)9(12)13/h2-3,9H,1H3. The summed E-state index contributed by atoms with van der Waals surface area (Å²) in [6.07, 6.45) is -3.33. The number of hydrogen-bond donors (Lipinski definition) is 0. The van der Waals surface area contributed by atoms with Crippen molar-refractivity contribution in [2.24, 2.45) is 0 Å². The van der Waals surface area contributed by atoms with Gasteiger partial charge < -0.3 is 0 Å². The Morgan fingerprint density at radius 1 is 1.21 bits per heavy atom. The SMILES string of the molecule is Cc1ccc(C(=O)C(F)F)c(F)c1F. The number of carbonyl (C=O) groups is 1. The van der Waals surface area contributed by atoms with Gasteiger partial charge in [-0.1, -0.05) is 6.07 Å². The number of ketones is 1. The minimum absolute atomic E-state index is 0.0340. The summed E-state index contributed by atoms with van der Waals surface area (Å²) in [5.41, 5.74) is -0.948. The highest BCUT2D eigenvalue weighted by Crippen LogP contribution is 2.18. The van der Waals surface area contributed by atoms with Crippen molar-refractivity contribution in [2.45, 2.75) is 13.3 Å². The Labute approximate surface area is 77.3 Å². The van der Waals surface area contributed by atoms with Crippen LogP contribution in [0.25, 0.3) is 0 Å². The number of benzene rings is 1. The first-order valence-electron chi connectivity index (χ1n) is 3.72. The van der Waals surface area contributed by atoms with Crippen LogP contribution >= 0.6 is 0 Å². The Morgan fingerprint density at radius 3 is 2.29 bits per heavy atom. The minimum Gasteiger partial charge on any atom is -0.288 e. The summed E-state index contributed by atoms with van der Waals surface area (Å²) < 4.78 is 49.6. The molecule has 0 aliphatic rings. The average molecular weight is 206 g/mol. The molecule has 1 aromatic rings. The molecule has 1 aromatic carbocycles. The van der Waals surface area contributed by atoms with E-state index in [0.717, 1.165) is 12.1 Å². The second kappa shape index (κ2) is 3.77. The monoisotopic (exact) mass is 206 g/mol. The quantitative estimate of drug-likeness (QED) is 0.537. The van der Waals surface area contributed by atoms with Crippen LogP contribution in [0.1, 0.15) is 15.9 Å². The molecule has 1 rings (SSSR count). The van der Waals surface area contributed by atoms with Crippen LogP contribution in [0.5, 0.6) is 0 Å². The molecule has 0 saturated heterocycles. The Bertz CT molecular complexity index is 373. The fourth-order valence-electron chi connectivity index (χ4n) is 0.954. The maximum Gasteiger partial charge on any atom is 0.300 e. The van der Waals surface area contributed by atoms with Gasteiger partial charge in [0.05, 0.1) is 5.56 Å². The number of carbonyl (C=O) groups excluding carboxylic acids is 1. The molecule has 0 aliphatic heterocycles. The summed E-state index contributed by atoms with van der Waals surface area (Å²) >= 11 is 0. The van der Waals surface area contributed by atoms with Crippen molar-refractivity contribution in [3.8, 4) is 0 Å². The molecule has 0 radical (unpaired) electrons. The summed E-state index contributed by atoms with van der Waals surface area (Å²) in [5.74, 6) is -4.49. The van der Waals surface area contributed by atoms with Crippen LogP contribution < -0.4 is 0 Å². The number of halogens is 4. The van der Waals surface area contributed by atoms with Gasteiger partial charge in [0.2, 0.25) is 5.78 Å². The molecule has 0 aromatic heterocycles. The average Bonchev–Trinajstić information content (AvgIpc) is 2.13. The van der Waals surface area contributed by atoms with Gasteiger partial charge in [0.25, 0.3) is 0 Å². The maximum absolute atomic E-state index is 12.9. The van der Waals surface area contributed by atoms with Crippen molar-refractivity contribution in [1.82, 2.24) is 0 Å². The van der Waals surface area contributed by atoms with E-state index in [0.29, 0.717) is 0 Å². The maximum atomic E-state index is 12.9. The molecule has 0 amide bonds. The fourth-order valence-corrected chi connectivity index (χ4v) is 0.954. The predicted octanol–water partition coefficient (Wildman–Crippen LogP) is 2.72. The van der Waals surface area contributed by atoms with Crippen molar-refractivity contribution in [1.29, 1.82) is 0 Å². The van der Waals surface area contributed by atoms with Crippen molar-refractivity contribution < 1.29 is 22.4 Å². The van der Waals surface area contributed by atoms with E-state index >= 15 is 0 Å². The van der Waals surface area contributed by atoms with Gasteiger partial charge in [0, 0.05) is 0 Å². The molecular formula is C9H6F4O. The van der Waals surface area contributed by atoms with Gasteiger partial charge in [-0.15, -0.1) is 0 Å². The zero-order chi connectivity index (χ0) is 10.9. The summed E-state index contributed by atoms with van der Waals surface area (Å²) in [7, 11) is 0. The molecule has 0 atom stereocenters. The molecule has 5 heteroatoms. The lowest BCUT2D eigenvalue weighted by Crippen LogP contribution is -2.13. The topological polar surface area (TPSA) is 17.1 Å². The van der Waals surface area contributed by atoms with E-state index in [-0.39, 0.29) is 5.56 Å². The highest BCUT2D eigenvalue weighted by atomic mass is 19.3. The van der Waals surface area contributed by atoms with Crippen molar-refractivity contribution >= 4 is 5.78 Å². The highest BCUT2D eigenvalue weighted by molar-refractivity contribution is 5.98. The predicted molar refractivity (Wildman–Crippen MR) is 41.4 cm³/mol. The zero-order valence-corrected chi connectivity index (χ0v) is 7.15. The van der Waals surface area contributed by atoms with Crippen molar-refractivity contribution in [2.75, 3.05) is 0 Å². The molecule has 0 bridgehead atoms. The fraction of sp³-hybridized carbons (Fsp3) is 0.222. The summed E-state index contributed by atoms with van der Waals surface area (Å²) in [4.78, 5) is 10.7. The zero-order valence-electron chi connectivity index (χ0n) is 7.15. The number of Topliss-reactive ketones (excluding diaryl/α,β-unsaturated/α-hetero) is 1. The first-order chi connectivity index (χ1) is 6.45. The second-order valence-electron chi connectivity index (χ2n) is 2.72. The van der Waals surface area contributed by atoms with Gasteiger partial charge in [0.15, 0.2) is 11.6 Å². The summed E-state index contributed by atoms with van der Waals surface area (Å²) in [5, 5.41) is 0. The summed E-state index contributed by atoms with van der Waals surface area (Å²) in [6.45, 7) is 1.27. The normalized spacial score (nSPS) is 10.7. The smallest absolute Gasteiger partial charge is 0.288 e. The molecule has 0 unspecified atom stereocenters. The van der Waals surface area contributed by atoms with Gasteiger partial charge in [-0.25, -0.2) is 17.6 Å². The molecule has 0 heterocycles. The molecule has 0 aliphatic carbocycles. The number of hydrogen-bond acceptors (Lipinski definition) is 1. The first kappa shape index (κ1) is 10.7. The van der Waals surface area contributed by atoms with Crippen LogP contribution in [0, 0.1) is 18.6 Å². The third-order valence-corrected chi connectivity index (χ3v) is 1.74. The molecule has 14 heavy (non-hydrogen) atoms. The third kappa shape index (κ3) is 1.76. The van der Waals surface area contributed by atoms with E-state index in [2.05, 4.69) is 0 Å². The molecule has 1 nitrogen and oxygen atoms in total. The molecule has 0 spiro atoms. The van der Waals surface area contributed by atoms with Crippen molar-refractivity contribution in [3.05, 3.63) is 34.9 Å². The largest absolute Gasteiger partial charge is 0.300 e. The van der Waals surface area contributed by atoms with E-state index in [9.17, 15) is 22.4 Å². The third-order valence-electron chi connectivity index (χ3n) is 1.74. The van der Waals surface area contributed by atoms with Gasteiger partial charge in [-0.3, -0.25) is 4.79 Å². The number of aryl methyl sites for hydroxylation is 1. The Hall–Kier alpha value is -1.39. The second-order valence-corrected chi connectivity index (χ2v) is 2.72. The lowest BCUT2D eigenvalue weighted by Gasteiger charge is -2.03. The van der Waals surface area contributed by atoms with E-state index in [1.807, 2.05) is 0 Å². The molecule has 76 valence electrons. The van der Waals surface area contributed by atoms with Crippen LogP contribution in [0.3, 0.4) is 0 Å². The van der Waals surface area contributed by atoms with Crippen LogP contribution in [-0.4, -0.2) is 12.2 Å². The van der Waals surface area contributed by atoms with E-state index in [4.69, 9.17) is 0 Å². The number of alkyl halides is 2. The highest BCUT2D eigenvalue weighted by Gasteiger charge is 2.23. The Balaban J connectivity index is 3.24. The molecule has 0 fully saturated rings. The van der Waals surface area contributed by atoms with Crippen LogP contribution in [0.4, 0.5) is 17.6 Å². The number of rotatable bonds is 2. The lowest BCUT2D eigenvalue weighted by atomic mass is 10.1. The molecular weight excluding hydrogens is 200 g/mol. The van der Waals surface area contributed by atoms with Gasteiger partial charge in [0.1, 0.15) is 0 Å². The van der Waals surface area contributed by atoms with Crippen LogP contribution in [0.2, 0.25) is 0 Å². The van der Waals surface area contributed by atoms with E-state index < -0.39 is 29.4 Å². The van der Waals surface area contributed by atoms with Gasteiger partial charge >= 0.3 is 6.43 Å².